The molecule has 2 aliphatic heterocycles. The molecule has 1 spiro atoms. The van der Waals surface area contributed by atoms with Crippen molar-refractivity contribution in [2.45, 2.75) is 32.3 Å². The molecule has 0 amide bonds. The summed E-state index contributed by atoms with van der Waals surface area (Å²) < 4.78 is 12.8. The number of benzene rings is 4. The van der Waals surface area contributed by atoms with Crippen molar-refractivity contribution < 1.29 is 19.4 Å². The molecule has 0 saturated heterocycles. The fraction of sp³-hybridized carbons (Fsp3) is 0.219. The minimum Gasteiger partial charge on any atom is -0.506 e. The van der Waals surface area contributed by atoms with E-state index < -0.39 is 5.60 Å². The topological polar surface area (TPSA) is 71.0 Å². The normalized spacial score (nSPS) is 16.7. The van der Waals surface area contributed by atoms with Crippen molar-refractivity contribution in [2.75, 3.05) is 23.3 Å². The highest BCUT2D eigenvalue weighted by Crippen LogP contribution is 2.58. The van der Waals surface area contributed by atoms with Gasteiger partial charge in [0.15, 0.2) is 5.60 Å². The number of hydrogen-bond donors (Lipinski definition) is 2. The molecule has 0 fully saturated rings. The summed E-state index contributed by atoms with van der Waals surface area (Å²) in [6.45, 7) is 6.20. The number of nitrogens with one attached hydrogen (secondary N) is 1. The van der Waals surface area contributed by atoms with Gasteiger partial charge in [-0.2, -0.15) is 0 Å². The number of hydrogen-bond acceptors (Lipinski definition) is 6. The Labute approximate surface area is 222 Å². The van der Waals surface area contributed by atoms with E-state index in [9.17, 15) is 9.90 Å². The first kappa shape index (κ1) is 23.9. The van der Waals surface area contributed by atoms with Crippen LogP contribution in [0.3, 0.4) is 0 Å². The van der Waals surface area contributed by atoms with E-state index in [1.165, 1.54) is 0 Å². The number of carbonyl (C=O) groups is 1. The Kier molecular flexibility index (Phi) is 5.95. The van der Waals surface area contributed by atoms with Gasteiger partial charge in [0.2, 0.25) is 0 Å². The van der Waals surface area contributed by atoms with Gasteiger partial charge >= 0.3 is 5.97 Å². The minimum atomic E-state index is -1.20. The second-order valence-electron chi connectivity index (χ2n) is 9.74. The molecule has 2 aliphatic rings. The summed E-state index contributed by atoms with van der Waals surface area (Å²) in [4.78, 5) is 15.5. The van der Waals surface area contributed by atoms with Crippen LogP contribution in [0.4, 0.5) is 17.1 Å². The Morgan fingerprint density at radius 1 is 0.816 bits per heavy atom. The number of aromatic hydroxyl groups is 1. The number of phenols is 1. The van der Waals surface area contributed by atoms with Crippen LogP contribution >= 0.6 is 0 Å². The van der Waals surface area contributed by atoms with Crippen molar-refractivity contribution in [3.63, 3.8) is 0 Å². The molecule has 0 saturated carbocycles. The van der Waals surface area contributed by atoms with Crippen LogP contribution in [0.25, 0.3) is 0 Å². The highest BCUT2D eigenvalue weighted by molar-refractivity contribution is 5.97. The molecule has 38 heavy (non-hydrogen) atoms. The Balaban J connectivity index is 1.55. The average Bonchev–Trinajstić information content (AvgIpc) is 3.23. The minimum absolute atomic E-state index is 0.0403. The van der Waals surface area contributed by atoms with E-state index in [4.69, 9.17) is 9.47 Å². The molecule has 6 heteroatoms. The van der Waals surface area contributed by atoms with Crippen molar-refractivity contribution >= 4 is 23.0 Å². The number of ether oxygens (including phenoxy) is 2. The Bertz CT molecular complexity index is 1510. The molecule has 6 rings (SSSR count). The smallest absolute Gasteiger partial charge is 0.340 e. The first-order valence-corrected chi connectivity index (χ1v) is 13.1. The maximum atomic E-state index is 13.2. The van der Waals surface area contributed by atoms with Crippen molar-refractivity contribution in [1.82, 2.24) is 0 Å². The lowest BCUT2D eigenvalue weighted by atomic mass is 9.77. The molecule has 6 nitrogen and oxygen atoms in total. The third kappa shape index (κ3) is 3.76. The Hall–Kier alpha value is -4.45. The van der Waals surface area contributed by atoms with Crippen molar-refractivity contribution in [2.24, 2.45) is 0 Å². The van der Waals surface area contributed by atoms with E-state index in [0.29, 0.717) is 28.3 Å². The number of phenolic OH excluding ortho intramolecular Hbond substituents is 1. The molecule has 0 aliphatic carbocycles. The quantitative estimate of drug-likeness (QED) is 0.202. The SMILES string of the molecule is CCCN(CCC)c1ccc2c(c1)Oc1cc(O)c(Nc3ccccc3)cc1C21OC(=O)c2ccccc21. The monoisotopic (exact) mass is 506 g/mol. The van der Waals surface area contributed by atoms with Crippen LogP contribution in [0.1, 0.15) is 53.7 Å². The fourth-order valence-electron chi connectivity index (χ4n) is 5.58. The van der Waals surface area contributed by atoms with E-state index in [-0.39, 0.29) is 11.7 Å². The second kappa shape index (κ2) is 9.45. The first-order valence-electron chi connectivity index (χ1n) is 13.1. The van der Waals surface area contributed by atoms with Gasteiger partial charge < -0.3 is 24.8 Å². The van der Waals surface area contributed by atoms with Gasteiger partial charge in [0.05, 0.1) is 11.3 Å². The number of esters is 1. The summed E-state index contributed by atoms with van der Waals surface area (Å²) >= 11 is 0. The summed E-state index contributed by atoms with van der Waals surface area (Å²) in [5.41, 5.74) is 3.89. The number of nitrogens with zero attached hydrogens (tertiary/aromatic N) is 1. The number of rotatable bonds is 7. The van der Waals surface area contributed by atoms with Crippen molar-refractivity contribution in [3.8, 4) is 17.2 Å². The van der Waals surface area contributed by atoms with Gasteiger partial charge in [-0.3, -0.25) is 0 Å². The van der Waals surface area contributed by atoms with Crippen LogP contribution in [0, 0.1) is 0 Å². The van der Waals surface area contributed by atoms with Gasteiger partial charge in [-0.15, -0.1) is 0 Å². The largest absolute Gasteiger partial charge is 0.506 e. The zero-order valence-corrected chi connectivity index (χ0v) is 21.5. The molecule has 1 unspecified atom stereocenters. The van der Waals surface area contributed by atoms with Gasteiger partial charge in [0.1, 0.15) is 17.2 Å². The summed E-state index contributed by atoms with van der Waals surface area (Å²) in [6, 6.07) is 26.7. The summed E-state index contributed by atoms with van der Waals surface area (Å²) in [7, 11) is 0. The van der Waals surface area contributed by atoms with Crippen LogP contribution < -0.4 is 15.0 Å². The molecule has 0 aromatic heterocycles. The molecular weight excluding hydrogens is 476 g/mol. The molecule has 1 atom stereocenters. The van der Waals surface area contributed by atoms with Gasteiger partial charge in [-0.1, -0.05) is 50.2 Å². The molecule has 192 valence electrons. The third-order valence-electron chi connectivity index (χ3n) is 7.22. The molecule has 4 aromatic carbocycles. The average molecular weight is 507 g/mol. The van der Waals surface area contributed by atoms with Gasteiger partial charge in [-0.05, 0) is 49.2 Å². The predicted molar refractivity (Wildman–Crippen MR) is 149 cm³/mol. The predicted octanol–water partition coefficient (Wildman–Crippen LogP) is 7.33. The number of anilines is 3. The van der Waals surface area contributed by atoms with Gasteiger partial charge in [0, 0.05) is 53.3 Å². The van der Waals surface area contributed by atoms with Crippen molar-refractivity contribution in [1.29, 1.82) is 0 Å². The summed E-state index contributed by atoms with van der Waals surface area (Å²) in [5, 5.41) is 14.3. The van der Waals surface area contributed by atoms with Gasteiger partial charge in [-0.25, -0.2) is 4.79 Å². The molecule has 2 N–H and O–H groups in total. The standard InChI is InChI=1S/C32H30N2O4/c1-3-16-34(17-4-2)22-14-15-25-29(18-22)37-30-20-28(35)27(33-21-10-6-5-7-11-21)19-26(30)32(25)24-13-9-8-12-23(24)31(36)38-32/h5-15,18-20,33,35H,3-4,16-17H2,1-2H3. The van der Waals surface area contributed by atoms with E-state index in [1.54, 1.807) is 12.1 Å². The molecule has 2 heterocycles. The van der Waals surface area contributed by atoms with Crippen LogP contribution in [0.15, 0.2) is 84.9 Å². The van der Waals surface area contributed by atoms with Crippen LogP contribution in [-0.2, 0) is 10.3 Å². The zero-order chi connectivity index (χ0) is 26.3. The maximum Gasteiger partial charge on any atom is 0.340 e. The van der Waals surface area contributed by atoms with Crippen LogP contribution in [0.2, 0.25) is 0 Å². The molecular formula is C32H30N2O4. The first-order chi connectivity index (χ1) is 18.5. The van der Waals surface area contributed by atoms with E-state index >= 15 is 0 Å². The second-order valence-corrected chi connectivity index (χ2v) is 9.74. The van der Waals surface area contributed by atoms with E-state index in [1.807, 2.05) is 66.7 Å². The lowest BCUT2D eigenvalue weighted by molar-refractivity contribution is 0.0224. The molecule has 0 radical (unpaired) electrons. The summed E-state index contributed by atoms with van der Waals surface area (Å²) in [6.07, 6.45) is 2.06. The maximum absolute atomic E-state index is 13.2. The zero-order valence-electron chi connectivity index (χ0n) is 21.5. The highest BCUT2D eigenvalue weighted by Gasteiger charge is 2.53. The van der Waals surface area contributed by atoms with Crippen LogP contribution in [-0.4, -0.2) is 24.2 Å². The van der Waals surface area contributed by atoms with Crippen molar-refractivity contribution in [3.05, 3.63) is 107 Å². The molecule has 4 aromatic rings. The lowest BCUT2D eigenvalue weighted by Gasteiger charge is -2.37. The van der Waals surface area contributed by atoms with E-state index in [0.717, 1.165) is 48.4 Å². The van der Waals surface area contributed by atoms with Gasteiger partial charge in [0.25, 0.3) is 0 Å². The summed E-state index contributed by atoms with van der Waals surface area (Å²) in [5.74, 6) is 0.721. The van der Waals surface area contributed by atoms with Crippen LogP contribution in [0.5, 0.6) is 17.2 Å². The lowest BCUT2D eigenvalue weighted by Crippen LogP contribution is -2.33. The number of fused-ring (bicyclic) bond motifs is 6. The third-order valence-corrected chi connectivity index (χ3v) is 7.22. The number of carbonyl (C=O) groups excluding carboxylic acids is 1. The van der Waals surface area contributed by atoms with E-state index in [2.05, 4.69) is 30.1 Å². The fourth-order valence-corrected chi connectivity index (χ4v) is 5.58. The Morgan fingerprint density at radius 2 is 1.53 bits per heavy atom. The number of para-hydroxylation sites is 1. The Morgan fingerprint density at radius 3 is 2.29 bits per heavy atom. The highest BCUT2D eigenvalue weighted by atomic mass is 16.6. The molecule has 0 bridgehead atoms.